The van der Waals surface area contributed by atoms with Gasteiger partial charge in [0.2, 0.25) is 0 Å². The summed E-state index contributed by atoms with van der Waals surface area (Å²) in [6.45, 7) is 0. The van der Waals surface area contributed by atoms with E-state index in [-0.39, 0.29) is 72.9 Å². The molecule has 0 bridgehead atoms. The summed E-state index contributed by atoms with van der Waals surface area (Å²) < 4.78 is 0. The van der Waals surface area contributed by atoms with Gasteiger partial charge >= 0.3 is 59.1 Å². The van der Waals surface area contributed by atoms with Crippen LogP contribution in [0.5, 0.6) is 0 Å². The fraction of sp³-hybridized carbons (Fsp3) is 0.500. The van der Waals surface area contributed by atoms with Crippen molar-refractivity contribution in [3.63, 3.8) is 0 Å². The van der Waals surface area contributed by atoms with Crippen LogP contribution < -0.4 is 59.1 Å². The van der Waals surface area contributed by atoms with Crippen LogP contribution in [-0.2, 0) is 9.59 Å². The average molecular weight is 170 g/mol. The molecule has 10 heavy (non-hydrogen) atoms. The third-order valence-corrected chi connectivity index (χ3v) is 0.402. The van der Waals surface area contributed by atoms with E-state index in [4.69, 9.17) is 0 Å². The first kappa shape index (κ1) is 30.2. The van der Waals surface area contributed by atoms with E-state index in [9.17, 15) is 9.59 Å². The molecule has 0 saturated heterocycles. The Morgan fingerprint density at radius 1 is 0.900 bits per heavy atom. The van der Waals surface area contributed by atoms with Gasteiger partial charge in [0.15, 0.2) is 0 Å². The number of carbonyl (C=O) groups excluding carboxylic acids is 2. The smallest absolute Gasteiger partial charge is 1.00 e. The van der Waals surface area contributed by atoms with Gasteiger partial charge in [-0.1, -0.05) is 0 Å². The van der Waals surface area contributed by atoms with Gasteiger partial charge in [0.1, 0.15) is 12.6 Å². The molecule has 0 radical (unpaired) electrons. The second kappa shape index (κ2) is 31.8. The monoisotopic (exact) mass is 170 g/mol. The Morgan fingerprint density at radius 3 is 1.20 bits per heavy atom. The van der Waals surface area contributed by atoms with Gasteiger partial charge in [-0.2, -0.15) is 0 Å². The molecule has 6 heteroatoms. The standard InChI is InChI=1S/C4H6O2.2Na.2H2O.2H/c5-3-1-2-4-6;;;;;;/h3-4H,1-2H2;;;2*1H2;;/q;2*+1;;;2*-1. The van der Waals surface area contributed by atoms with Crippen LogP contribution >= 0.6 is 0 Å². The molecule has 0 atom stereocenters. The van der Waals surface area contributed by atoms with Crippen molar-refractivity contribution >= 4 is 12.6 Å². The normalized spacial score (nSPS) is 4.40. The maximum absolute atomic E-state index is 9.40. The van der Waals surface area contributed by atoms with Crippen LogP contribution in [0.1, 0.15) is 15.7 Å². The summed E-state index contributed by atoms with van der Waals surface area (Å²) in [7, 11) is 0. The van der Waals surface area contributed by atoms with E-state index in [1.165, 1.54) is 0 Å². The molecule has 0 amide bonds. The quantitative estimate of drug-likeness (QED) is 0.239. The third-order valence-electron chi connectivity index (χ3n) is 0.402. The Labute approximate surface area is 107 Å². The minimum Gasteiger partial charge on any atom is -1.00 e. The molecule has 54 valence electrons. The number of hydrogen-bond donors (Lipinski definition) is 0. The Hall–Kier alpha value is 1.26. The summed E-state index contributed by atoms with van der Waals surface area (Å²) >= 11 is 0. The number of carbonyl (C=O) groups is 2. The molecule has 4 nitrogen and oxygen atoms in total. The predicted octanol–water partition coefficient (Wildman–Crippen LogP) is -7.25. The van der Waals surface area contributed by atoms with Gasteiger partial charge in [0.25, 0.3) is 0 Å². The summed E-state index contributed by atoms with van der Waals surface area (Å²) in [5.74, 6) is 0. The molecular weight excluding hydrogens is 158 g/mol. The molecule has 0 aliphatic carbocycles. The fourth-order valence-electron chi connectivity index (χ4n) is 0.136. The molecule has 0 aliphatic heterocycles. The molecule has 0 rings (SSSR count). The molecule has 0 fully saturated rings. The van der Waals surface area contributed by atoms with E-state index < -0.39 is 0 Å². The number of rotatable bonds is 3. The molecule has 0 spiro atoms. The Kier molecular flexibility index (Phi) is 96.2. The maximum Gasteiger partial charge on any atom is 1.00 e. The molecular formula is C4H12Na2O4. The fourth-order valence-corrected chi connectivity index (χ4v) is 0.136. The van der Waals surface area contributed by atoms with Crippen LogP contribution in [0.3, 0.4) is 0 Å². The van der Waals surface area contributed by atoms with Crippen molar-refractivity contribution < 1.29 is 82.5 Å². The zero-order valence-corrected chi connectivity index (χ0v) is 10.4. The van der Waals surface area contributed by atoms with Crippen molar-refractivity contribution in [1.29, 1.82) is 0 Å². The van der Waals surface area contributed by atoms with Crippen molar-refractivity contribution in [3.8, 4) is 0 Å². The molecule has 0 heterocycles. The van der Waals surface area contributed by atoms with E-state index in [1.807, 2.05) is 0 Å². The van der Waals surface area contributed by atoms with Crippen molar-refractivity contribution in [2.45, 2.75) is 12.8 Å². The van der Waals surface area contributed by atoms with Gasteiger partial charge in [-0.3, -0.25) is 0 Å². The minimum atomic E-state index is 0. The molecule has 0 saturated carbocycles. The van der Waals surface area contributed by atoms with Crippen LogP contribution in [0.25, 0.3) is 0 Å². The van der Waals surface area contributed by atoms with Gasteiger partial charge in [0, 0.05) is 12.8 Å². The zero-order chi connectivity index (χ0) is 4.83. The van der Waals surface area contributed by atoms with E-state index >= 15 is 0 Å². The van der Waals surface area contributed by atoms with Gasteiger partial charge in [0.05, 0.1) is 0 Å². The van der Waals surface area contributed by atoms with E-state index in [2.05, 4.69) is 0 Å². The van der Waals surface area contributed by atoms with E-state index in [0.29, 0.717) is 12.8 Å². The molecule has 0 aromatic rings. The summed E-state index contributed by atoms with van der Waals surface area (Å²) in [4.78, 5) is 18.8. The van der Waals surface area contributed by atoms with Crippen LogP contribution in [-0.4, -0.2) is 23.5 Å². The number of hydrogen-bond acceptors (Lipinski definition) is 2. The zero-order valence-electron chi connectivity index (χ0n) is 8.39. The second-order valence-corrected chi connectivity index (χ2v) is 0.911. The summed E-state index contributed by atoms with van der Waals surface area (Å²) in [5, 5.41) is 0. The maximum atomic E-state index is 9.40. The van der Waals surface area contributed by atoms with Crippen molar-refractivity contribution in [3.05, 3.63) is 0 Å². The topological polar surface area (TPSA) is 97.1 Å². The Morgan fingerprint density at radius 2 is 1.10 bits per heavy atom. The summed E-state index contributed by atoms with van der Waals surface area (Å²) in [6.07, 6.45) is 2.19. The van der Waals surface area contributed by atoms with Crippen molar-refractivity contribution in [2.75, 3.05) is 0 Å². The van der Waals surface area contributed by atoms with Gasteiger partial charge in [-0.15, -0.1) is 0 Å². The van der Waals surface area contributed by atoms with Gasteiger partial charge in [-0.25, -0.2) is 0 Å². The second-order valence-electron chi connectivity index (χ2n) is 0.911. The van der Waals surface area contributed by atoms with E-state index in [1.54, 1.807) is 0 Å². The molecule has 4 N–H and O–H groups in total. The molecule has 0 aromatic heterocycles. The first-order valence-electron chi connectivity index (χ1n) is 1.79. The first-order chi connectivity index (χ1) is 2.91. The average Bonchev–Trinajstić information content (AvgIpc) is 1.61. The largest absolute Gasteiger partial charge is 1.00 e. The molecule has 0 unspecified atom stereocenters. The number of unbranched alkanes of at least 4 members (excludes halogenated alkanes) is 1. The van der Waals surface area contributed by atoms with Gasteiger partial charge in [-0.05, 0) is 0 Å². The summed E-state index contributed by atoms with van der Waals surface area (Å²) in [6, 6.07) is 0. The Balaban J connectivity index is -0.00000000833. The van der Waals surface area contributed by atoms with Crippen molar-refractivity contribution in [2.24, 2.45) is 0 Å². The summed E-state index contributed by atoms with van der Waals surface area (Å²) in [5.41, 5.74) is 0. The predicted molar refractivity (Wildman–Crippen MR) is 30.8 cm³/mol. The van der Waals surface area contributed by atoms with Crippen molar-refractivity contribution in [1.82, 2.24) is 0 Å². The van der Waals surface area contributed by atoms with E-state index in [0.717, 1.165) is 12.6 Å². The Bertz CT molecular complexity index is 59.0. The SMILES string of the molecule is O.O.O=CCCC=O.[H-].[H-].[Na+].[Na+]. The molecule has 0 aliphatic rings. The van der Waals surface area contributed by atoms with Crippen LogP contribution in [0.2, 0.25) is 0 Å². The van der Waals surface area contributed by atoms with Crippen LogP contribution in [0.15, 0.2) is 0 Å². The van der Waals surface area contributed by atoms with Crippen LogP contribution in [0, 0.1) is 0 Å². The first-order valence-corrected chi connectivity index (χ1v) is 1.79. The molecule has 0 aromatic carbocycles. The minimum absolute atomic E-state index is 0. The third kappa shape index (κ3) is 34.8. The van der Waals surface area contributed by atoms with Gasteiger partial charge < -0.3 is 23.4 Å². The number of aldehydes is 2. The van der Waals surface area contributed by atoms with Crippen LogP contribution in [0.4, 0.5) is 0 Å².